The number of halogens is 1. The van der Waals surface area contributed by atoms with Gasteiger partial charge in [0, 0.05) is 7.05 Å². The molecule has 0 aliphatic heterocycles. The van der Waals surface area contributed by atoms with E-state index in [1.54, 1.807) is 0 Å². The summed E-state index contributed by atoms with van der Waals surface area (Å²) in [6, 6.07) is 4.03. The van der Waals surface area contributed by atoms with E-state index in [0.717, 1.165) is 12.0 Å². The first kappa shape index (κ1) is 16.6. The van der Waals surface area contributed by atoms with E-state index in [1.807, 2.05) is 0 Å². The number of esters is 2. The van der Waals surface area contributed by atoms with Gasteiger partial charge in [-0.05, 0) is 17.7 Å². The van der Waals surface area contributed by atoms with Crippen molar-refractivity contribution >= 4 is 17.8 Å². The Balaban J connectivity index is 3.02. The number of rotatable bonds is 5. The standard InChI is InChI=1S/C14H16FNO5/c1-16(11(17)8-12(18)20-2)13(14(19)21-3)9-4-6-10(15)7-5-9/h4-7,13H,8H2,1-3H3. The van der Waals surface area contributed by atoms with Crippen LogP contribution in [0.2, 0.25) is 0 Å². The van der Waals surface area contributed by atoms with Gasteiger partial charge in [0.2, 0.25) is 5.91 Å². The van der Waals surface area contributed by atoms with Crippen molar-refractivity contribution < 1.29 is 28.2 Å². The molecule has 0 fully saturated rings. The van der Waals surface area contributed by atoms with Crippen LogP contribution in [0.25, 0.3) is 0 Å². The largest absolute Gasteiger partial charge is 0.469 e. The second-order valence-corrected chi connectivity index (χ2v) is 4.23. The minimum absolute atomic E-state index is 0.379. The van der Waals surface area contributed by atoms with Gasteiger partial charge in [0.05, 0.1) is 14.2 Å². The van der Waals surface area contributed by atoms with Crippen LogP contribution in [0.3, 0.4) is 0 Å². The molecule has 1 amide bonds. The van der Waals surface area contributed by atoms with Gasteiger partial charge in [0.15, 0.2) is 6.04 Å². The third kappa shape index (κ3) is 4.27. The molecule has 0 aliphatic rings. The molecule has 0 aliphatic carbocycles. The van der Waals surface area contributed by atoms with Gasteiger partial charge in [0.25, 0.3) is 0 Å². The number of amides is 1. The number of hydrogen-bond acceptors (Lipinski definition) is 5. The molecule has 1 aromatic carbocycles. The van der Waals surface area contributed by atoms with Gasteiger partial charge < -0.3 is 14.4 Å². The number of carbonyl (C=O) groups is 3. The summed E-state index contributed by atoms with van der Waals surface area (Å²) in [7, 11) is 3.70. The highest BCUT2D eigenvalue weighted by Crippen LogP contribution is 2.22. The van der Waals surface area contributed by atoms with Crippen molar-refractivity contribution in [1.82, 2.24) is 4.90 Å². The van der Waals surface area contributed by atoms with Crippen LogP contribution in [0.15, 0.2) is 24.3 Å². The third-order valence-electron chi connectivity index (χ3n) is 2.91. The Labute approximate surface area is 121 Å². The molecule has 0 heterocycles. The zero-order valence-electron chi connectivity index (χ0n) is 12.0. The molecule has 1 unspecified atom stereocenters. The first-order valence-corrected chi connectivity index (χ1v) is 6.06. The van der Waals surface area contributed by atoms with Crippen LogP contribution in [0.4, 0.5) is 4.39 Å². The normalized spacial score (nSPS) is 11.4. The molecule has 1 aromatic rings. The Bertz CT molecular complexity index is 529. The van der Waals surface area contributed by atoms with Crippen LogP contribution < -0.4 is 0 Å². The molecule has 1 atom stereocenters. The minimum Gasteiger partial charge on any atom is -0.469 e. The maximum atomic E-state index is 13.0. The summed E-state index contributed by atoms with van der Waals surface area (Å²) in [5, 5.41) is 0. The third-order valence-corrected chi connectivity index (χ3v) is 2.91. The fourth-order valence-corrected chi connectivity index (χ4v) is 1.74. The lowest BCUT2D eigenvalue weighted by Crippen LogP contribution is -2.37. The van der Waals surface area contributed by atoms with Crippen molar-refractivity contribution in [3.8, 4) is 0 Å². The number of methoxy groups -OCH3 is 2. The van der Waals surface area contributed by atoms with E-state index < -0.39 is 36.1 Å². The van der Waals surface area contributed by atoms with E-state index >= 15 is 0 Å². The number of benzene rings is 1. The van der Waals surface area contributed by atoms with Gasteiger partial charge >= 0.3 is 11.9 Å². The Morgan fingerprint density at radius 3 is 2.19 bits per heavy atom. The van der Waals surface area contributed by atoms with Crippen molar-refractivity contribution in [3.63, 3.8) is 0 Å². The van der Waals surface area contributed by atoms with Gasteiger partial charge in [-0.15, -0.1) is 0 Å². The maximum Gasteiger partial charge on any atom is 0.333 e. The summed E-state index contributed by atoms with van der Waals surface area (Å²) in [5.41, 5.74) is 0.379. The van der Waals surface area contributed by atoms with Crippen LogP contribution in [0, 0.1) is 5.82 Å². The molecule has 0 radical (unpaired) electrons. The zero-order valence-corrected chi connectivity index (χ0v) is 12.0. The molecular formula is C14H16FNO5. The Morgan fingerprint density at radius 2 is 1.71 bits per heavy atom. The molecule has 7 heteroatoms. The second kappa shape index (κ2) is 7.37. The topological polar surface area (TPSA) is 72.9 Å². The zero-order chi connectivity index (χ0) is 16.0. The lowest BCUT2D eigenvalue weighted by atomic mass is 10.1. The highest BCUT2D eigenvalue weighted by molar-refractivity contribution is 5.96. The molecule has 0 spiro atoms. The van der Waals surface area contributed by atoms with Crippen LogP contribution >= 0.6 is 0 Å². The summed E-state index contributed by atoms with van der Waals surface area (Å²) in [6.07, 6.45) is -0.498. The van der Waals surface area contributed by atoms with Crippen molar-refractivity contribution in [2.45, 2.75) is 12.5 Å². The number of ether oxygens (including phenoxy) is 2. The molecule has 1 rings (SSSR count). The molecule has 0 bridgehead atoms. The first-order chi connectivity index (χ1) is 9.90. The Hall–Kier alpha value is -2.44. The van der Waals surface area contributed by atoms with Crippen molar-refractivity contribution in [2.75, 3.05) is 21.3 Å². The fourth-order valence-electron chi connectivity index (χ4n) is 1.74. The van der Waals surface area contributed by atoms with Gasteiger partial charge in [-0.3, -0.25) is 9.59 Å². The highest BCUT2D eigenvalue weighted by atomic mass is 19.1. The van der Waals surface area contributed by atoms with Crippen LogP contribution in [0.1, 0.15) is 18.0 Å². The lowest BCUT2D eigenvalue weighted by molar-refractivity contribution is -0.155. The highest BCUT2D eigenvalue weighted by Gasteiger charge is 2.30. The SMILES string of the molecule is COC(=O)CC(=O)N(C)C(C(=O)OC)c1ccc(F)cc1. The van der Waals surface area contributed by atoms with Crippen molar-refractivity contribution in [3.05, 3.63) is 35.6 Å². The smallest absolute Gasteiger partial charge is 0.333 e. The molecule has 114 valence electrons. The average molecular weight is 297 g/mol. The quantitative estimate of drug-likeness (QED) is 0.600. The molecule has 0 N–H and O–H groups in total. The van der Waals surface area contributed by atoms with E-state index in [-0.39, 0.29) is 0 Å². The summed E-state index contributed by atoms with van der Waals surface area (Å²) in [6.45, 7) is 0. The van der Waals surface area contributed by atoms with Gasteiger partial charge in [-0.1, -0.05) is 12.1 Å². The van der Waals surface area contributed by atoms with Gasteiger partial charge in [0.1, 0.15) is 12.2 Å². The Kier molecular flexibility index (Phi) is 5.83. The van der Waals surface area contributed by atoms with Gasteiger partial charge in [-0.2, -0.15) is 0 Å². The van der Waals surface area contributed by atoms with E-state index in [9.17, 15) is 18.8 Å². The number of hydrogen-bond donors (Lipinski definition) is 0. The van der Waals surface area contributed by atoms with E-state index in [0.29, 0.717) is 5.56 Å². The molecule has 6 nitrogen and oxygen atoms in total. The molecule has 0 saturated heterocycles. The predicted molar refractivity (Wildman–Crippen MR) is 70.6 cm³/mol. The first-order valence-electron chi connectivity index (χ1n) is 6.06. The molecule has 21 heavy (non-hydrogen) atoms. The summed E-state index contributed by atoms with van der Waals surface area (Å²) < 4.78 is 22.0. The van der Waals surface area contributed by atoms with Gasteiger partial charge in [-0.25, -0.2) is 9.18 Å². The maximum absolute atomic E-state index is 13.0. The summed E-state index contributed by atoms with van der Waals surface area (Å²) in [5.74, 6) is -2.48. The fraction of sp³-hybridized carbons (Fsp3) is 0.357. The van der Waals surface area contributed by atoms with Crippen LogP contribution in [-0.4, -0.2) is 44.0 Å². The van der Waals surface area contributed by atoms with Crippen molar-refractivity contribution in [1.29, 1.82) is 0 Å². The monoisotopic (exact) mass is 297 g/mol. The van der Waals surface area contributed by atoms with Crippen molar-refractivity contribution in [2.24, 2.45) is 0 Å². The van der Waals surface area contributed by atoms with E-state index in [1.165, 1.54) is 38.4 Å². The van der Waals surface area contributed by atoms with E-state index in [2.05, 4.69) is 9.47 Å². The predicted octanol–water partition coefficient (Wildman–Crippen LogP) is 1.06. The minimum atomic E-state index is -1.06. The second-order valence-electron chi connectivity index (χ2n) is 4.23. The van der Waals surface area contributed by atoms with E-state index in [4.69, 9.17) is 0 Å². The number of nitrogens with zero attached hydrogens (tertiary/aromatic N) is 1. The van der Waals surface area contributed by atoms with Crippen LogP contribution in [0.5, 0.6) is 0 Å². The number of carbonyl (C=O) groups excluding carboxylic acids is 3. The Morgan fingerprint density at radius 1 is 1.14 bits per heavy atom. The molecule has 0 saturated carbocycles. The summed E-state index contributed by atoms with van der Waals surface area (Å²) in [4.78, 5) is 36.0. The average Bonchev–Trinajstić information content (AvgIpc) is 2.48. The lowest BCUT2D eigenvalue weighted by Gasteiger charge is -2.26. The molecule has 0 aromatic heterocycles. The summed E-state index contributed by atoms with van der Waals surface area (Å²) >= 11 is 0. The molecular weight excluding hydrogens is 281 g/mol. The number of likely N-dealkylation sites (N-methyl/N-ethyl adjacent to an activating group) is 1. The van der Waals surface area contributed by atoms with Crippen LogP contribution in [-0.2, 0) is 23.9 Å².